The summed E-state index contributed by atoms with van der Waals surface area (Å²) < 4.78 is 17.5. The van der Waals surface area contributed by atoms with Crippen LogP contribution in [0.3, 0.4) is 0 Å². The second-order valence-corrected chi connectivity index (χ2v) is 6.01. The summed E-state index contributed by atoms with van der Waals surface area (Å²) in [7, 11) is 3.16. The molecule has 0 unspecified atom stereocenters. The molecule has 1 aromatic carbocycles. The largest absolute Gasteiger partial charge is 0.493 e. The van der Waals surface area contributed by atoms with Crippen molar-refractivity contribution in [1.29, 1.82) is 0 Å². The van der Waals surface area contributed by atoms with Crippen molar-refractivity contribution in [3.05, 3.63) is 47.2 Å². The van der Waals surface area contributed by atoms with Crippen LogP contribution in [0.5, 0.6) is 11.5 Å². The normalized spacial score (nSPS) is 11.1. The Balaban J connectivity index is 1.52. The summed E-state index contributed by atoms with van der Waals surface area (Å²) in [5.41, 5.74) is 1.40. The van der Waals surface area contributed by atoms with Crippen molar-refractivity contribution in [1.82, 2.24) is 30.0 Å². The molecule has 0 radical (unpaired) electrons. The van der Waals surface area contributed by atoms with E-state index in [2.05, 4.69) is 25.4 Å². The minimum atomic E-state index is 0.372. The predicted molar refractivity (Wildman–Crippen MR) is 96.0 cm³/mol. The number of methoxy groups -OCH3 is 2. The van der Waals surface area contributed by atoms with Gasteiger partial charge in [-0.3, -0.25) is 0 Å². The van der Waals surface area contributed by atoms with Crippen LogP contribution < -0.4 is 9.47 Å². The Kier molecular flexibility index (Phi) is 4.59. The van der Waals surface area contributed by atoms with Crippen LogP contribution in [-0.4, -0.2) is 44.2 Å². The number of aryl methyl sites for hydroxylation is 2. The zero-order valence-corrected chi connectivity index (χ0v) is 15.3. The monoisotopic (exact) mass is 386 g/mol. The molecule has 9 nitrogen and oxygen atoms in total. The lowest BCUT2D eigenvalue weighted by Crippen LogP contribution is -2.01. The summed E-state index contributed by atoms with van der Waals surface area (Å²) in [6.45, 7) is 0. The van der Waals surface area contributed by atoms with E-state index in [1.807, 2.05) is 6.07 Å². The Morgan fingerprint density at radius 2 is 1.89 bits per heavy atom. The molecule has 27 heavy (non-hydrogen) atoms. The fourth-order valence-corrected chi connectivity index (χ4v) is 2.77. The van der Waals surface area contributed by atoms with E-state index in [0.717, 1.165) is 5.56 Å². The van der Waals surface area contributed by atoms with Gasteiger partial charge in [-0.25, -0.2) is 0 Å². The van der Waals surface area contributed by atoms with Crippen LogP contribution in [0, 0.1) is 0 Å². The molecule has 0 spiro atoms. The van der Waals surface area contributed by atoms with Gasteiger partial charge < -0.3 is 14.0 Å². The number of hydrogen-bond acceptors (Lipinski definition) is 8. The molecule has 10 heteroatoms. The molecule has 0 atom stereocenters. The topological polar surface area (TPSA) is 100 Å². The van der Waals surface area contributed by atoms with E-state index < -0.39 is 0 Å². The van der Waals surface area contributed by atoms with E-state index >= 15 is 0 Å². The molecule has 0 aliphatic heterocycles. The number of halogens is 1. The highest BCUT2D eigenvalue weighted by atomic mass is 35.5. The molecule has 4 rings (SSSR count). The third-order valence-electron chi connectivity index (χ3n) is 3.97. The highest BCUT2D eigenvalue weighted by Gasteiger charge is 2.14. The average Bonchev–Trinajstić information content (AvgIpc) is 3.32. The van der Waals surface area contributed by atoms with Gasteiger partial charge in [0.1, 0.15) is 5.15 Å². The van der Waals surface area contributed by atoms with Crippen LogP contribution in [0.25, 0.3) is 17.0 Å². The van der Waals surface area contributed by atoms with Crippen molar-refractivity contribution in [3.8, 4) is 22.9 Å². The number of fused-ring (bicyclic) bond motifs is 1. The third-order valence-corrected chi connectivity index (χ3v) is 4.17. The molecule has 0 fully saturated rings. The van der Waals surface area contributed by atoms with Gasteiger partial charge in [0.2, 0.25) is 11.7 Å². The number of aromatic nitrogens is 6. The van der Waals surface area contributed by atoms with Gasteiger partial charge in [0.15, 0.2) is 23.0 Å². The summed E-state index contributed by atoms with van der Waals surface area (Å²) >= 11 is 5.93. The molecule has 0 amide bonds. The molecule has 0 N–H and O–H groups in total. The van der Waals surface area contributed by atoms with Crippen LogP contribution in [0.2, 0.25) is 5.15 Å². The van der Waals surface area contributed by atoms with E-state index in [1.54, 1.807) is 43.0 Å². The van der Waals surface area contributed by atoms with Crippen molar-refractivity contribution in [2.24, 2.45) is 0 Å². The Hall–Kier alpha value is -3.20. The number of nitrogens with zero attached hydrogens (tertiary/aromatic N) is 6. The van der Waals surface area contributed by atoms with Gasteiger partial charge in [0.05, 0.1) is 14.2 Å². The first-order valence-corrected chi connectivity index (χ1v) is 8.47. The quantitative estimate of drug-likeness (QED) is 0.498. The SMILES string of the molecule is COc1ccc(-c2noc(CCc3nnc4ccc(Cl)nn34)n2)cc1OC. The highest BCUT2D eigenvalue weighted by molar-refractivity contribution is 6.29. The van der Waals surface area contributed by atoms with Gasteiger partial charge in [-0.15, -0.1) is 10.2 Å². The molecule has 4 aromatic rings. The zero-order valence-electron chi connectivity index (χ0n) is 14.6. The Morgan fingerprint density at radius 1 is 1.04 bits per heavy atom. The Labute approximate surface area is 158 Å². The fourth-order valence-electron chi connectivity index (χ4n) is 2.63. The number of benzene rings is 1. The molecule has 0 aliphatic carbocycles. The number of rotatable bonds is 6. The van der Waals surface area contributed by atoms with Crippen LogP contribution in [0.1, 0.15) is 11.7 Å². The Bertz CT molecular complexity index is 1090. The first-order valence-electron chi connectivity index (χ1n) is 8.10. The standard InChI is InChI=1S/C17H15ClN6O3/c1-25-11-4-3-10(9-12(11)26-2)17-19-16(27-23-17)8-7-15-21-20-14-6-5-13(18)22-24(14)15/h3-6,9H,7-8H2,1-2H3. The maximum absolute atomic E-state index is 5.93. The molecule has 3 aromatic heterocycles. The molecule has 0 saturated carbocycles. The predicted octanol–water partition coefficient (Wildman–Crippen LogP) is 2.63. The average molecular weight is 387 g/mol. The summed E-state index contributed by atoms with van der Waals surface area (Å²) in [6, 6.07) is 8.86. The zero-order chi connectivity index (χ0) is 18.8. The van der Waals surface area contributed by atoms with Crippen LogP contribution in [-0.2, 0) is 12.8 Å². The van der Waals surface area contributed by atoms with Crippen molar-refractivity contribution in [2.45, 2.75) is 12.8 Å². The molecule has 138 valence electrons. The van der Waals surface area contributed by atoms with Gasteiger partial charge in [-0.05, 0) is 30.3 Å². The van der Waals surface area contributed by atoms with E-state index in [1.165, 1.54) is 0 Å². The van der Waals surface area contributed by atoms with Gasteiger partial charge in [-0.1, -0.05) is 16.8 Å². The minimum Gasteiger partial charge on any atom is -0.493 e. The second kappa shape index (κ2) is 7.20. The van der Waals surface area contributed by atoms with Crippen molar-refractivity contribution < 1.29 is 14.0 Å². The second-order valence-electron chi connectivity index (χ2n) is 5.62. The van der Waals surface area contributed by atoms with Crippen molar-refractivity contribution in [2.75, 3.05) is 14.2 Å². The van der Waals surface area contributed by atoms with E-state index in [9.17, 15) is 0 Å². The van der Waals surface area contributed by atoms with E-state index in [0.29, 0.717) is 52.7 Å². The van der Waals surface area contributed by atoms with Gasteiger partial charge in [0.25, 0.3) is 0 Å². The van der Waals surface area contributed by atoms with Crippen LogP contribution in [0.4, 0.5) is 0 Å². The van der Waals surface area contributed by atoms with E-state index in [-0.39, 0.29) is 0 Å². The smallest absolute Gasteiger partial charge is 0.227 e. The van der Waals surface area contributed by atoms with Gasteiger partial charge in [-0.2, -0.15) is 14.6 Å². The van der Waals surface area contributed by atoms with Crippen molar-refractivity contribution in [3.63, 3.8) is 0 Å². The molecule has 0 bridgehead atoms. The van der Waals surface area contributed by atoms with E-state index in [4.69, 9.17) is 25.6 Å². The Morgan fingerprint density at radius 3 is 2.70 bits per heavy atom. The lowest BCUT2D eigenvalue weighted by molar-refractivity contribution is 0.355. The lowest BCUT2D eigenvalue weighted by atomic mass is 10.2. The molecule has 0 aliphatic rings. The molecular weight excluding hydrogens is 372 g/mol. The number of hydrogen-bond donors (Lipinski definition) is 0. The summed E-state index contributed by atoms with van der Waals surface area (Å²) in [5.74, 6) is 2.85. The molecule has 3 heterocycles. The summed E-state index contributed by atoms with van der Waals surface area (Å²) in [4.78, 5) is 4.43. The first kappa shape index (κ1) is 17.2. The van der Waals surface area contributed by atoms with Gasteiger partial charge >= 0.3 is 0 Å². The summed E-state index contributed by atoms with van der Waals surface area (Å²) in [5, 5.41) is 16.8. The van der Waals surface area contributed by atoms with Crippen LogP contribution >= 0.6 is 11.6 Å². The maximum Gasteiger partial charge on any atom is 0.227 e. The van der Waals surface area contributed by atoms with Crippen LogP contribution in [0.15, 0.2) is 34.9 Å². The highest BCUT2D eigenvalue weighted by Crippen LogP contribution is 2.31. The number of ether oxygens (including phenoxy) is 2. The fraction of sp³-hybridized carbons (Fsp3) is 0.235. The minimum absolute atomic E-state index is 0.372. The maximum atomic E-state index is 5.93. The van der Waals surface area contributed by atoms with Gasteiger partial charge in [0, 0.05) is 18.4 Å². The first-order chi connectivity index (χ1) is 13.2. The molecular formula is C17H15ClN6O3. The lowest BCUT2D eigenvalue weighted by Gasteiger charge is -2.07. The summed E-state index contributed by atoms with van der Waals surface area (Å²) in [6.07, 6.45) is 1.03. The molecule has 0 saturated heterocycles. The third kappa shape index (κ3) is 3.41. The van der Waals surface area contributed by atoms with Crippen molar-refractivity contribution >= 4 is 17.2 Å².